The molecule has 0 N–H and O–H groups in total. The van der Waals surface area contributed by atoms with E-state index in [0.717, 1.165) is 6.54 Å². The van der Waals surface area contributed by atoms with E-state index in [1.165, 1.54) is 6.42 Å². The molecule has 2 unspecified atom stereocenters. The summed E-state index contributed by atoms with van der Waals surface area (Å²) in [4.78, 5) is 4.17. The van der Waals surface area contributed by atoms with Crippen LogP contribution in [-0.4, -0.2) is 12.3 Å². The molecule has 0 aromatic rings. The summed E-state index contributed by atoms with van der Waals surface area (Å²) >= 11 is 0. The summed E-state index contributed by atoms with van der Waals surface area (Å²) in [7, 11) is 0. The Bertz CT molecular complexity index is 245. The first-order valence-corrected chi connectivity index (χ1v) is 4.40. The lowest BCUT2D eigenvalue weighted by Crippen LogP contribution is -2.16. The number of nitrogens with zero attached hydrogens (tertiary/aromatic N) is 2. The second kappa shape index (κ2) is 4.06. The van der Waals surface area contributed by atoms with Crippen molar-refractivity contribution in [3.05, 3.63) is 12.2 Å². The molecule has 1 aliphatic heterocycles. The first-order valence-electron chi connectivity index (χ1n) is 4.40. The minimum atomic E-state index is 0.534. The SMILES string of the molecule is CCC(C)C1C=CC(C#N)=NC1. The molecule has 12 heavy (non-hydrogen) atoms. The molecule has 2 atom stereocenters. The molecule has 0 saturated heterocycles. The molecule has 0 radical (unpaired) electrons. The van der Waals surface area contributed by atoms with Crippen molar-refractivity contribution in [3.63, 3.8) is 0 Å². The molecule has 0 aliphatic carbocycles. The van der Waals surface area contributed by atoms with Crippen LogP contribution in [-0.2, 0) is 0 Å². The van der Waals surface area contributed by atoms with Crippen LogP contribution in [0, 0.1) is 23.2 Å². The summed E-state index contributed by atoms with van der Waals surface area (Å²) in [5.41, 5.74) is 0.564. The van der Waals surface area contributed by atoms with Crippen LogP contribution in [0.1, 0.15) is 20.3 Å². The van der Waals surface area contributed by atoms with Crippen LogP contribution in [0.25, 0.3) is 0 Å². The van der Waals surface area contributed by atoms with Crippen LogP contribution in [0.3, 0.4) is 0 Å². The lowest BCUT2D eigenvalue weighted by Gasteiger charge is -2.19. The molecule has 0 amide bonds. The quantitative estimate of drug-likeness (QED) is 0.613. The first-order chi connectivity index (χ1) is 5.77. The van der Waals surface area contributed by atoms with E-state index in [1.807, 2.05) is 12.1 Å². The molecule has 0 aromatic heterocycles. The van der Waals surface area contributed by atoms with Gasteiger partial charge in [-0.25, -0.2) is 0 Å². The average Bonchev–Trinajstić information content (AvgIpc) is 2.17. The number of aliphatic imine (C=N–C) groups is 1. The van der Waals surface area contributed by atoms with Gasteiger partial charge in [0, 0.05) is 6.54 Å². The Morgan fingerprint density at radius 2 is 2.58 bits per heavy atom. The van der Waals surface area contributed by atoms with Gasteiger partial charge < -0.3 is 0 Å². The highest BCUT2D eigenvalue weighted by Gasteiger charge is 2.14. The minimum absolute atomic E-state index is 0.534. The maximum Gasteiger partial charge on any atom is 0.134 e. The molecule has 1 aliphatic rings. The number of nitriles is 1. The molecular weight excluding hydrogens is 148 g/mol. The highest BCUT2D eigenvalue weighted by molar-refractivity contribution is 6.07. The van der Waals surface area contributed by atoms with Gasteiger partial charge in [-0.1, -0.05) is 26.3 Å². The highest BCUT2D eigenvalue weighted by Crippen LogP contribution is 2.19. The van der Waals surface area contributed by atoms with Crippen molar-refractivity contribution < 1.29 is 0 Å². The Kier molecular flexibility index (Phi) is 3.04. The van der Waals surface area contributed by atoms with Crippen molar-refractivity contribution in [2.24, 2.45) is 16.8 Å². The molecule has 0 bridgehead atoms. The van der Waals surface area contributed by atoms with E-state index in [2.05, 4.69) is 24.9 Å². The van der Waals surface area contributed by atoms with E-state index < -0.39 is 0 Å². The average molecular weight is 162 g/mol. The Hall–Kier alpha value is -1.10. The maximum absolute atomic E-state index is 8.54. The Labute approximate surface area is 73.6 Å². The van der Waals surface area contributed by atoms with Crippen LogP contribution >= 0.6 is 0 Å². The monoisotopic (exact) mass is 162 g/mol. The number of hydrogen-bond acceptors (Lipinski definition) is 2. The number of hydrogen-bond donors (Lipinski definition) is 0. The normalized spacial score (nSPS) is 24.4. The van der Waals surface area contributed by atoms with Crippen LogP contribution in [0.5, 0.6) is 0 Å². The third-order valence-corrected chi connectivity index (χ3v) is 2.46. The Morgan fingerprint density at radius 3 is 3.00 bits per heavy atom. The molecule has 2 nitrogen and oxygen atoms in total. The predicted octanol–water partition coefficient (Wildman–Crippen LogP) is 2.18. The molecular formula is C10H14N2. The van der Waals surface area contributed by atoms with Gasteiger partial charge in [0.1, 0.15) is 11.8 Å². The summed E-state index contributed by atoms with van der Waals surface area (Å²) in [6.45, 7) is 5.19. The topological polar surface area (TPSA) is 36.1 Å². The van der Waals surface area contributed by atoms with Crippen molar-refractivity contribution in [1.82, 2.24) is 0 Å². The second-order valence-electron chi connectivity index (χ2n) is 3.25. The summed E-state index contributed by atoms with van der Waals surface area (Å²) in [6.07, 6.45) is 5.12. The van der Waals surface area contributed by atoms with Crippen molar-refractivity contribution in [3.8, 4) is 6.07 Å². The highest BCUT2D eigenvalue weighted by atomic mass is 14.7. The summed E-state index contributed by atoms with van der Waals surface area (Å²) < 4.78 is 0. The maximum atomic E-state index is 8.54. The standard InChI is InChI=1S/C10H14N2/c1-3-8(2)9-4-5-10(6-11)12-7-9/h4-5,8-9H,3,7H2,1-2H3. The lowest BCUT2D eigenvalue weighted by molar-refractivity contribution is 0.423. The zero-order valence-electron chi connectivity index (χ0n) is 7.62. The fraction of sp³-hybridized carbons (Fsp3) is 0.600. The number of dihydropyridines is 1. The van der Waals surface area contributed by atoms with Gasteiger partial charge in [-0.2, -0.15) is 5.26 Å². The molecule has 1 heterocycles. The van der Waals surface area contributed by atoms with Crippen molar-refractivity contribution >= 4 is 5.71 Å². The van der Waals surface area contributed by atoms with E-state index in [4.69, 9.17) is 5.26 Å². The molecule has 1 rings (SSSR count). The van der Waals surface area contributed by atoms with Crippen molar-refractivity contribution in [2.45, 2.75) is 20.3 Å². The van der Waals surface area contributed by atoms with Crippen LogP contribution in [0.2, 0.25) is 0 Å². The largest absolute Gasteiger partial charge is 0.274 e. The lowest BCUT2D eigenvalue weighted by atomic mass is 9.90. The Morgan fingerprint density at radius 1 is 1.83 bits per heavy atom. The smallest absolute Gasteiger partial charge is 0.134 e. The van der Waals surface area contributed by atoms with Gasteiger partial charge in [-0.3, -0.25) is 4.99 Å². The van der Waals surface area contributed by atoms with E-state index >= 15 is 0 Å². The summed E-state index contributed by atoms with van der Waals surface area (Å²) in [6, 6.07) is 2.04. The van der Waals surface area contributed by atoms with Crippen LogP contribution in [0.4, 0.5) is 0 Å². The summed E-state index contributed by atoms with van der Waals surface area (Å²) in [5, 5.41) is 8.54. The second-order valence-corrected chi connectivity index (χ2v) is 3.25. The van der Waals surface area contributed by atoms with Gasteiger partial charge >= 0.3 is 0 Å². The third kappa shape index (κ3) is 1.94. The van der Waals surface area contributed by atoms with Gasteiger partial charge in [0.25, 0.3) is 0 Å². The van der Waals surface area contributed by atoms with Crippen LogP contribution < -0.4 is 0 Å². The van der Waals surface area contributed by atoms with Crippen LogP contribution in [0.15, 0.2) is 17.1 Å². The van der Waals surface area contributed by atoms with E-state index in [0.29, 0.717) is 17.5 Å². The fourth-order valence-electron chi connectivity index (χ4n) is 1.28. The molecule has 2 heteroatoms. The molecule has 64 valence electrons. The number of rotatable bonds is 2. The molecule has 0 fully saturated rings. The molecule has 0 saturated carbocycles. The fourth-order valence-corrected chi connectivity index (χ4v) is 1.28. The van der Waals surface area contributed by atoms with E-state index in [-0.39, 0.29) is 0 Å². The van der Waals surface area contributed by atoms with Gasteiger partial charge in [0.2, 0.25) is 0 Å². The van der Waals surface area contributed by atoms with E-state index in [9.17, 15) is 0 Å². The van der Waals surface area contributed by atoms with Crippen molar-refractivity contribution in [2.75, 3.05) is 6.54 Å². The minimum Gasteiger partial charge on any atom is -0.274 e. The van der Waals surface area contributed by atoms with Gasteiger partial charge in [-0.05, 0) is 17.9 Å². The molecule has 0 spiro atoms. The van der Waals surface area contributed by atoms with E-state index in [1.54, 1.807) is 0 Å². The first kappa shape index (κ1) is 8.99. The summed E-state index contributed by atoms with van der Waals surface area (Å²) in [5.74, 6) is 1.21. The van der Waals surface area contributed by atoms with Gasteiger partial charge in [0.15, 0.2) is 0 Å². The predicted molar refractivity (Wildman–Crippen MR) is 50.0 cm³/mol. The van der Waals surface area contributed by atoms with Gasteiger partial charge in [-0.15, -0.1) is 0 Å². The van der Waals surface area contributed by atoms with Crippen molar-refractivity contribution in [1.29, 1.82) is 5.26 Å². The number of allylic oxidation sites excluding steroid dienone is 1. The molecule has 0 aromatic carbocycles. The zero-order chi connectivity index (χ0) is 8.97. The third-order valence-electron chi connectivity index (χ3n) is 2.46. The Balaban J connectivity index is 2.55. The zero-order valence-corrected chi connectivity index (χ0v) is 7.62. The van der Waals surface area contributed by atoms with Gasteiger partial charge in [0.05, 0.1) is 0 Å².